The Morgan fingerprint density at radius 2 is 1.83 bits per heavy atom. The SMILES string of the molecule is C=C[C-]=O.[Na+].[OH-]. The third kappa shape index (κ3) is 26.4. The minimum atomic E-state index is 0. The topological polar surface area (TPSA) is 47.1 Å². The van der Waals surface area contributed by atoms with E-state index in [4.69, 9.17) is 4.79 Å². The molecule has 0 fully saturated rings. The summed E-state index contributed by atoms with van der Waals surface area (Å²) in [5.41, 5.74) is 0. The van der Waals surface area contributed by atoms with Crippen LogP contribution in [0.5, 0.6) is 0 Å². The monoisotopic (exact) mass is 95.0 g/mol. The van der Waals surface area contributed by atoms with Crippen LogP contribution in [-0.2, 0) is 4.79 Å². The first kappa shape index (κ1) is 16.2. The standard InChI is InChI=1S/C3H3O.Na.H2O/c1-2-3-4;;/h2H,1H2;;1H2/q-1;+1;/p-1. The Labute approximate surface area is 58.8 Å². The van der Waals surface area contributed by atoms with Gasteiger partial charge in [0.1, 0.15) is 0 Å². The van der Waals surface area contributed by atoms with Gasteiger partial charge in [0.15, 0.2) is 0 Å². The van der Waals surface area contributed by atoms with E-state index in [1.165, 1.54) is 6.29 Å². The summed E-state index contributed by atoms with van der Waals surface area (Å²) in [4.78, 5) is 8.93. The van der Waals surface area contributed by atoms with E-state index in [0.717, 1.165) is 6.08 Å². The van der Waals surface area contributed by atoms with E-state index < -0.39 is 0 Å². The number of rotatable bonds is 1. The summed E-state index contributed by atoms with van der Waals surface area (Å²) < 4.78 is 0. The minimum absolute atomic E-state index is 0. The molecule has 0 aromatic carbocycles. The first-order chi connectivity index (χ1) is 1.91. The molecule has 30 valence electrons. The van der Waals surface area contributed by atoms with Gasteiger partial charge < -0.3 is 10.3 Å². The molecule has 0 aliphatic heterocycles. The van der Waals surface area contributed by atoms with Crippen molar-refractivity contribution in [3.63, 3.8) is 0 Å². The van der Waals surface area contributed by atoms with Gasteiger partial charge >= 0.3 is 29.6 Å². The van der Waals surface area contributed by atoms with Gasteiger partial charge in [0.2, 0.25) is 0 Å². The van der Waals surface area contributed by atoms with E-state index in [1.54, 1.807) is 0 Å². The van der Waals surface area contributed by atoms with Crippen molar-refractivity contribution in [3.8, 4) is 0 Å². The van der Waals surface area contributed by atoms with E-state index in [2.05, 4.69) is 6.58 Å². The summed E-state index contributed by atoms with van der Waals surface area (Å²) in [7, 11) is 0. The van der Waals surface area contributed by atoms with E-state index in [0.29, 0.717) is 0 Å². The smallest absolute Gasteiger partial charge is 0.870 e. The second kappa shape index (κ2) is 18.3. The Kier molecular flexibility index (Phi) is 49.2. The van der Waals surface area contributed by atoms with Gasteiger partial charge in [-0.15, -0.1) is 0 Å². The van der Waals surface area contributed by atoms with Crippen LogP contribution in [0.4, 0.5) is 0 Å². The Balaban J connectivity index is -0.0000000450. The fourth-order valence-corrected chi connectivity index (χ4v) is 0. The first-order valence-electron chi connectivity index (χ1n) is 0.901. The molecule has 0 spiro atoms. The zero-order valence-corrected chi connectivity index (χ0v) is 5.64. The summed E-state index contributed by atoms with van der Waals surface area (Å²) in [6.45, 7) is 3.06. The van der Waals surface area contributed by atoms with Gasteiger partial charge in [-0.1, -0.05) is 0 Å². The van der Waals surface area contributed by atoms with Crippen LogP contribution in [0.1, 0.15) is 0 Å². The quantitative estimate of drug-likeness (QED) is 0.199. The average molecular weight is 95.1 g/mol. The van der Waals surface area contributed by atoms with Crippen molar-refractivity contribution in [1.29, 1.82) is 0 Å². The summed E-state index contributed by atoms with van der Waals surface area (Å²) in [5.74, 6) is 0. The largest absolute Gasteiger partial charge is 1.00 e. The molecule has 0 radical (unpaired) electrons. The molecule has 0 aromatic heterocycles. The van der Waals surface area contributed by atoms with Crippen molar-refractivity contribution in [1.82, 2.24) is 0 Å². The molecule has 0 atom stereocenters. The molecule has 0 amide bonds. The van der Waals surface area contributed by atoms with E-state index in [1.807, 2.05) is 0 Å². The zero-order chi connectivity index (χ0) is 3.41. The maximum atomic E-state index is 8.93. The van der Waals surface area contributed by atoms with Crippen LogP contribution in [-0.4, -0.2) is 11.8 Å². The molecule has 3 heteroatoms. The van der Waals surface area contributed by atoms with E-state index in [-0.39, 0.29) is 35.0 Å². The fourth-order valence-electron chi connectivity index (χ4n) is 0. The molecule has 0 saturated carbocycles. The number of carbonyl (C=O) groups excluding carboxylic acids is 1. The van der Waals surface area contributed by atoms with Crippen LogP contribution in [0.2, 0.25) is 0 Å². The van der Waals surface area contributed by atoms with Crippen LogP contribution in [0.15, 0.2) is 12.7 Å². The van der Waals surface area contributed by atoms with E-state index in [9.17, 15) is 0 Å². The normalized spacial score (nSPS) is 3.33. The maximum Gasteiger partial charge on any atom is 1.00 e. The van der Waals surface area contributed by atoms with Crippen molar-refractivity contribution in [2.24, 2.45) is 0 Å². The third-order valence-corrected chi connectivity index (χ3v) is 0.0833. The van der Waals surface area contributed by atoms with Crippen LogP contribution in [0.3, 0.4) is 0 Å². The molecule has 0 bridgehead atoms. The summed E-state index contributed by atoms with van der Waals surface area (Å²) in [6, 6.07) is 0. The molecule has 0 aliphatic carbocycles. The van der Waals surface area contributed by atoms with Crippen molar-refractivity contribution in [3.05, 3.63) is 12.7 Å². The van der Waals surface area contributed by atoms with Gasteiger partial charge in [-0.05, 0) is 6.29 Å². The van der Waals surface area contributed by atoms with Gasteiger partial charge in [0.25, 0.3) is 0 Å². The number of hydrogen-bond donors (Lipinski definition) is 0. The van der Waals surface area contributed by atoms with Gasteiger partial charge in [-0.3, -0.25) is 0 Å². The molecule has 0 rings (SSSR count). The van der Waals surface area contributed by atoms with Crippen molar-refractivity contribution in [2.75, 3.05) is 0 Å². The second-order valence-electron chi connectivity index (χ2n) is 0.322. The van der Waals surface area contributed by atoms with Crippen LogP contribution in [0.25, 0.3) is 0 Å². The average Bonchev–Trinajstić information content (AvgIpc) is 1.37. The second-order valence-corrected chi connectivity index (χ2v) is 0.322. The summed E-state index contributed by atoms with van der Waals surface area (Å²) in [6.07, 6.45) is 2.51. The number of hydrogen-bond acceptors (Lipinski definition) is 2. The molecular formula is C3H4NaO2-. The van der Waals surface area contributed by atoms with Crippen LogP contribution >= 0.6 is 0 Å². The predicted octanol–water partition coefficient (Wildman–Crippen LogP) is -2.89. The maximum absolute atomic E-state index is 8.93. The molecule has 0 saturated heterocycles. The molecule has 0 aliphatic rings. The predicted molar refractivity (Wildman–Crippen MR) is 17.8 cm³/mol. The Bertz CT molecular complexity index is 29.8. The van der Waals surface area contributed by atoms with E-state index >= 15 is 0 Å². The number of allylic oxidation sites excluding steroid dienone is 1. The van der Waals surface area contributed by atoms with Gasteiger partial charge in [0.05, 0.1) is 0 Å². The Hall–Kier alpha value is 0.370. The first-order valence-corrected chi connectivity index (χ1v) is 0.901. The van der Waals surface area contributed by atoms with Crippen LogP contribution < -0.4 is 29.6 Å². The fraction of sp³-hybridized carbons (Fsp3) is 0. The third-order valence-electron chi connectivity index (χ3n) is 0.0833. The molecule has 0 aromatic rings. The van der Waals surface area contributed by atoms with Crippen molar-refractivity contribution in [2.45, 2.75) is 0 Å². The van der Waals surface area contributed by atoms with Crippen molar-refractivity contribution < 1.29 is 39.8 Å². The molecular weight excluding hydrogens is 91.0 g/mol. The zero-order valence-electron chi connectivity index (χ0n) is 3.64. The molecule has 0 unspecified atom stereocenters. The van der Waals surface area contributed by atoms with Gasteiger partial charge in [0, 0.05) is 0 Å². The van der Waals surface area contributed by atoms with Crippen molar-refractivity contribution >= 4 is 6.29 Å². The molecule has 0 heterocycles. The Morgan fingerprint density at radius 1 is 1.67 bits per heavy atom. The summed E-state index contributed by atoms with van der Waals surface area (Å²) >= 11 is 0. The Morgan fingerprint density at radius 3 is 1.83 bits per heavy atom. The van der Waals surface area contributed by atoms with Gasteiger partial charge in [-0.25, -0.2) is 12.7 Å². The minimum Gasteiger partial charge on any atom is -0.870 e. The molecule has 1 N–H and O–H groups in total. The summed E-state index contributed by atoms with van der Waals surface area (Å²) in [5, 5.41) is 0. The van der Waals surface area contributed by atoms with Gasteiger partial charge in [-0.2, -0.15) is 0 Å². The van der Waals surface area contributed by atoms with Crippen LogP contribution in [0, 0.1) is 0 Å². The molecule has 6 heavy (non-hydrogen) atoms. The molecule has 2 nitrogen and oxygen atoms in total.